The first-order valence-corrected chi connectivity index (χ1v) is 8.63. The number of benzene rings is 1. The molecule has 25 heavy (non-hydrogen) atoms. The molecule has 2 atom stereocenters. The average molecular weight is 352 g/mol. The Labute approximate surface area is 147 Å². The van der Waals surface area contributed by atoms with E-state index in [1.165, 1.54) is 12.1 Å². The molecule has 0 radical (unpaired) electrons. The molecule has 0 spiro atoms. The van der Waals surface area contributed by atoms with Crippen LogP contribution in [0.4, 0.5) is 4.39 Å². The van der Waals surface area contributed by atoms with Crippen molar-refractivity contribution in [2.75, 3.05) is 26.3 Å². The van der Waals surface area contributed by atoms with Gasteiger partial charge in [0.2, 0.25) is 5.91 Å². The third-order valence-corrected chi connectivity index (χ3v) is 4.28. The summed E-state index contributed by atoms with van der Waals surface area (Å²) in [7, 11) is 0. The van der Waals surface area contributed by atoms with Crippen LogP contribution in [0.2, 0.25) is 0 Å². The van der Waals surface area contributed by atoms with Gasteiger partial charge in [0.05, 0.1) is 13.2 Å². The number of hydrogen-bond donors (Lipinski definition) is 2. The second-order valence-electron chi connectivity index (χ2n) is 6.15. The Kier molecular flexibility index (Phi) is 7.33. The van der Waals surface area contributed by atoms with Gasteiger partial charge in [0.15, 0.2) is 0 Å². The quantitative estimate of drug-likeness (QED) is 0.748. The number of nitrogens with one attached hydrogen (secondary N) is 1. The molecule has 0 saturated carbocycles. The monoisotopic (exact) mass is 352 g/mol. The van der Waals surface area contributed by atoms with Crippen LogP contribution >= 0.6 is 0 Å². The number of carboxylic acid groups (broad SMARTS) is 1. The molecule has 0 bridgehead atoms. The highest BCUT2D eigenvalue weighted by Gasteiger charge is 2.32. The SMILES string of the molecule is CCCC[C@H](NC(=O)C(c1cccc(F)c1)N1CCOCC1)C(=O)O. The average Bonchev–Trinajstić information content (AvgIpc) is 2.59. The number of morpholine rings is 1. The molecule has 1 aromatic rings. The predicted octanol–water partition coefficient (Wildman–Crippen LogP) is 1.96. The normalized spacial score (nSPS) is 17.7. The van der Waals surface area contributed by atoms with Gasteiger partial charge in [-0.1, -0.05) is 31.9 Å². The largest absolute Gasteiger partial charge is 0.480 e. The smallest absolute Gasteiger partial charge is 0.326 e. The van der Waals surface area contributed by atoms with E-state index in [0.29, 0.717) is 44.7 Å². The van der Waals surface area contributed by atoms with Crippen molar-refractivity contribution in [2.24, 2.45) is 0 Å². The van der Waals surface area contributed by atoms with Crippen LogP contribution in [0.5, 0.6) is 0 Å². The van der Waals surface area contributed by atoms with Gasteiger partial charge >= 0.3 is 5.97 Å². The zero-order valence-electron chi connectivity index (χ0n) is 14.4. The summed E-state index contributed by atoms with van der Waals surface area (Å²) in [5.74, 6) is -1.90. The molecule has 1 unspecified atom stereocenters. The van der Waals surface area contributed by atoms with Gasteiger partial charge in [0.25, 0.3) is 0 Å². The maximum absolute atomic E-state index is 13.6. The minimum absolute atomic E-state index is 0.372. The minimum Gasteiger partial charge on any atom is -0.480 e. The van der Waals surface area contributed by atoms with E-state index in [-0.39, 0.29) is 0 Å². The van der Waals surface area contributed by atoms with E-state index in [9.17, 15) is 19.1 Å². The highest BCUT2D eigenvalue weighted by Crippen LogP contribution is 2.23. The van der Waals surface area contributed by atoms with E-state index in [2.05, 4.69) is 5.32 Å². The van der Waals surface area contributed by atoms with Gasteiger partial charge in [0.1, 0.15) is 17.9 Å². The van der Waals surface area contributed by atoms with Crippen LogP contribution < -0.4 is 5.32 Å². The maximum atomic E-state index is 13.6. The molecular formula is C18H25FN2O4. The van der Waals surface area contributed by atoms with Gasteiger partial charge in [-0.3, -0.25) is 9.69 Å². The number of aliphatic carboxylic acids is 1. The number of carbonyl (C=O) groups is 2. The second-order valence-corrected chi connectivity index (χ2v) is 6.15. The lowest BCUT2D eigenvalue weighted by Crippen LogP contribution is -2.49. The van der Waals surface area contributed by atoms with Crippen LogP contribution in [0.25, 0.3) is 0 Å². The lowest BCUT2D eigenvalue weighted by Gasteiger charge is -2.34. The molecule has 1 heterocycles. The Morgan fingerprint density at radius 1 is 1.36 bits per heavy atom. The van der Waals surface area contributed by atoms with E-state index in [1.807, 2.05) is 11.8 Å². The molecule has 2 rings (SSSR count). The molecule has 1 aliphatic heterocycles. The van der Waals surface area contributed by atoms with Gasteiger partial charge in [-0.2, -0.15) is 0 Å². The van der Waals surface area contributed by atoms with Crippen molar-refractivity contribution >= 4 is 11.9 Å². The van der Waals surface area contributed by atoms with Gasteiger partial charge in [0, 0.05) is 13.1 Å². The summed E-state index contributed by atoms with van der Waals surface area (Å²) in [4.78, 5) is 26.2. The summed E-state index contributed by atoms with van der Waals surface area (Å²) in [5.41, 5.74) is 0.513. The minimum atomic E-state index is -1.05. The predicted molar refractivity (Wildman–Crippen MR) is 90.6 cm³/mol. The number of carboxylic acids is 1. The molecule has 7 heteroatoms. The van der Waals surface area contributed by atoms with Crippen LogP contribution in [0.15, 0.2) is 24.3 Å². The van der Waals surface area contributed by atoms with Crippen molar-refractivity contribution in [3.05, 3.63) is 35.6 Å². The first kappa shape index (κ1) is 19.3. The molecule has 1 aliphatic rings. The van der Waals surface area contributed by atoms with Crippen LogP contribution in [-0.2, 0) is 14.3 Å². The Morgan fingerprint density at radius 3 is 2.68 bits per heavy atom. The van der Waals surface area contributed by atoms with Crippen molar-refractivity contribution in [2.45, 2.75) is 38.3 Å². The van der Waals surface area contributed by atoms with Gasteiger partial charge in [-0.15, -0.1) is 0 Å². The van der Waals surface area contributed by atoms with Crippen LogP contribution in [0, 0.1) is 5.82 Å². The number of halogens is 1. The van der Waals surface area contributed by atoms with E-state index in [1.54, 1.807) is 12.1 Å². The third kappa shape index (κ3) is 5.51. The molecule has 0 aromatic heterocycles. The molecule has 1 aromatic carbocycles. The Balaban J connectivity index is 2.21. The summed E-state index contributed by atoms with van der Waals surface area (Å²) in [6, 6.07) is 4.20. The fourth-order valence-corrected chi connectivity index (χ4v) is 2.96. The third-order valence-electron chi connectivity index (χ3n) is 4.28. The van der Waals surface area contributed by atoms with Gasteiger partial charge in [-0.05, 0) is 24.1 Å². The standard InChI is InChI=1S/C18H25FN2O4/c1-2-3-7-15(18(23)24)20-17(22)16(21-8-10-25-11-9-21)13-5-4-6-14(19)12-13/h4-6,12,15-16H,2-3,7-11H2,1H3,(H,20,22)(H,23,24)/t15-,16?/m0/s1. The summed E-state index contributed by atoms with van der Waals surface area (Å²) in [6.07, 6.45) is 1.92. The van der Waals surface area contributed by atoms with Crippen molar-refractivity contribution in [3.8, 4) is 0 Å². The van der Waals surface area contributed by atoms with E-state index in [0.717, 1.165) is 6.42 Å². The molecule has 1 saturated heterocycles. The number of nitrogens with zero attached hydrogens (tertiary/aromatic N) is 1. The lowest BCUT2D eigenvalue weighted by atomic mass is 10.0. The number of amides is 1. The highest BCUT2D eigenvalue weighted by atomic mass is 19.1. The van der Waals surface area contributed by atoms with Crippen LogP contribution in [0.3, 0.4) is 0 Å². The van der Waals surface area contributed by atoms with Crippen molar-refractivity contribution in [1.29, 1.82) is 0 Å². The Hall–Kier alpha value is -1.99. The van der Waals surface area contributed by atoms with Crippen molar-refractivity contribution < 1.29 is 23.8 Å². The molecule has 6 nitrogen and oxygen atoms in total. The van der Waals surface area contributed by atoms with E-state index in [4.69, 9.17) is 4.74 Å². The number of rotatable bonds is 8. The molecule has 1 amide bonds. The van der Waals surface area contributed by atoms with Gasteiger partial charge < -0.3 is 15.2 Å². The topological polar surface area (TPSA) is 78.9 Å². The summed E-state index contributed by atoms with van der Waals surface area (Å²) >= 11 is 0. The fraction of sp³-hybridized carbons (Fsp3) is 0.556. The number of ether oxygens (including phenoxy) is 1. The van der Waals surface area contributed by atoms with Crippen LogP contribution in [-0.4, -0.2) is 54.2 Å². The molecule has 0 aliphatic carbocycles. The molecular weight excluding hydrogens is 327 g/mol. The first-order chi connectivity index (χ1) is 12.0. The first-order valence-electron chi connectivity index (χ1n) is 8.63. The lowest BCUT2D eigenvalue weighted by molar-refractivity contribution is -0.143. The number of hydrogen-bond acceptors (Lipinski definition) is 4. The maximum Gasteiger partial charge on any atom is 0.326 e. The van der Waals surface area contributed by atoms with Crippen molar-refractivity contribution in [3.63, 3.8) is 0 Å². The highest BCUT2D eigenvalue weighted by molar-refractivity contribution is 5.87. The summed E-state index contributed by atoms with van der Waals surface area (Å²) < 4.78 is 19.0. The van der Waals surface area contributed by atoms with Gasteiger partial charge in [-0.25, -0.2) is 9.18 Å². The zero-order chi connectivity index (χ0) is 18.2. The Bertz CT molecular complexity index is 590. The molecule has 138 valence electrons. The number of carbonyl (C=O) groups excluding carboxylic acids is 1. The summed E-state index contributed by atoms with van der Waals surface area (Å²) in [6.45, 7) is 3.99. The molecule has 1 fully saturated rings. The van der Waals surface area contributed by atoms with Crippen molar-refractivity contribution in [1.82, 2.24) is 10.2 Å². The fourth-order valence-electron chi connectivity index (χ4n) is 2.96. The molecule has 2 N–H and O–H groups in total. The second kappa shape index (κ2) is 9.48. The number of unbranched alkanes of at least 4 members (excludes halogenated alkanes) is 1. The van der Waals surface area contributed by atoms with E-state index >= 15 is 0 Å². The zero-order valence-corrected chi connectivity index (χ0v) is 14.4. The summed E-state index contributed by atoms with van der Waals surface area (Å²) in [5, 5.41) is 12.0. The van der Waals surface area contributed by atoms with Crippen LogP contribution in [0.1, 0.15) is 37.8 Å². The van der Waals surface area contributed by atoms with E-state index < -0.39 is 29.8 Å². The Morgan fingerprint density at radius 2 is 2.08 bits per heavy atom.